The molecule has 0 unspecified atom stereocenters. The fourth-order valence-corrected chi connectivity index (χ4v) is 4.45. The summed E-state index contributed by atoms with van der Waals surface area (Å²) in [6, 6.07) is 5.23. The molecule has 2 atom stereocenters. The molecule has 0 aromatic heterocycles. The molecule has 2 aliphatic heterocycles. The van der Waals surface area contributed by atoms with Crippen molar-refractivity contribution in [2.45, 2.75) is 43.6 Å². The average Bonchev–Trinajstić information content (AvgIpc) is 3.15. The number of hydrogen-bond donors (Lipinski definition) is 2. The van der Waals surface area contributed by atoms with Crippen molar-refractivity contribution in [1.82, 2.24) is 15.1 Å². The van der Waals surface area contributed by atoms with Gasteiger partial charge >= 0.3 is 6.09 Å². The standard InChI is InChI=1S/C21H30N4O5S/c1-23-10-7-15(8-11-23)6-9-22-20(26)19-12-18(31)13-24(19)21(27)30-14-16-2-4-17(5-3-16)25(28)29/h2-5,15,18-19,31H,6-14H2,1H3,(H,22,26)/t18-,19-/m0/s1. The molecule has 2 heterocycles. The molecule has 2 saturated heterocycles. The summed E-state index contributed by atoms with van der Waals surface area (Å²) >= 11 is 4.45. The van der Waals surface area contributed by atoms with Gasteiger partial charge in [-0.2, -0.15) is 12.6 Å². The van der Waals surface area contributed by atoms with Crippen LogP contribution >= 0.6 is 12.6 Å². The summed E-state index contributed by atoms with van der Waals surface area (Å²) in [6.07, 6.45) is 3.15. The van der Waals surface area contributed by atoms with Crippen LogP contribution in [0.2, 0.25) is 0 Å². The van der Waals surface area contributed by atoms with Crippen LogP contribution in [0.25, 0.3) is 0 Å². The Kier molecular flexibility index (Phi) is 8.14. The second-order valence-electron chi connectivity index (χ2n) is 8.36. The first kappa shape index (κ1) is 23.3. The first-order valence-corrected chi connectivity index (χ1v) is 11.2. The molecule has 170 valence electrons. The maximum Gasteiger partial charge on any atom is 0.410 e. The first-order valence-electron chi connectivity index (χ1n) is 10.6. The predicted octanol–water partition coefficient (Wildman–Crippen LogP) is 2.45. The molecule has 1 aromatic rings. The zero-order valence-corrected chi connectivity index (χ0v) is 18.6. The van der Waals surface area contributed by atoms with E-state index in [-0.39, 0.29) is 23.5 Å². The van der Waals surface area contributed by atoms with Gasteiger partial charge < -0.3 is 15.0 Å². The van der Waals surface area contributed by atoms with E-state index in [4.69, 9.17) is 4.74 Å². The summed E-state index contributed by atoms with van der Waals surface area (Å²) in [6.45, 7) is 3.12. The van der Waals surface area contributed by atoms with Crippen molar-refractivity contribution in [3.8, 4) is 0 Å². The largest absolute Gasteiger partial charge is 0.445 e. The van der Waals surface area contributed by atoms with Crippen LogP contribution in [0.3, 0.4) is 0 Å². The third kappa shape index (κ3) is 6.57. The van der Waals surface area contributed by atoms with Gasteiger partial charge in [0.25, 0.3) is 5.69 Å². The number of non-ortho nitro benzene ring substituents is 1. The molecule has 0 radical (unpaired) electrons. The van der Waals surface area contributed by atoms with Crippen LogP contribution < -0.4 is 5.32 Å². The third-order valence-electron chi connectivity index (χ3n) is 6.02. The summed E-state index contributed by atoms with van der Waals surface area (Å²) in [7, 11) is 2.13. The summed E-state index contributed by atoms with van der Waals surface area (Å²) in [5, 5.41) is 13.6. The number of amides is 2. The Balaban J connectivity index is 1.46. The van der Waals surface area contributed by atoms with E-state index in [0.29, 0.717) is 31.0 Å². The number of carbonyl (C=O) groups is 2. The number of benzene rings is 1. The van der Waals surface area contributed by atoms with Crippen LogP contribution in [0.4, 0.5) is 10.5 Å². The number of nitro benzene ring substituents is 1. The monoisotopic (exact) mass is 450 g/mol. The molecule has 3 rings (SSSR count). The Labute approximate surface area is 187 Å². The number of ether oxygens (including phenoxy) is 1. The van der Waals surface area contributed by atoms with Crippen LogP contribution in [0, 0.1) is 16.0 Å². The van der Waals surface area contributed by atoms with Gasteiger partial charge in [-0.1, -0.05) is 0 Å². The van der Waals surface area contributed by atoms with E-state index in [0.717, 1.165) is 32.4 Å². The van der Waals surface area contributed by atoms with Crippen LogP contribution in [0.5, 0.6) is 0 Å². The van der Waals surface area contributed by atoms with Crippen molar-refractivity contribution in [3.05, 3.63) is 39.9 Å². The molecular formula is C21H30N4O5S. The van der Waals surface area contributed by atoms with Crippen LogP contribution in [-0.2, 0) is 16.1 Å². The number of likely N-dealkylation sites (tertiary alicyclic amines) is 2. The van der Waals surface area contributed by atoms with E-state index in [2.05, 4.69) is 29.9 Å². The molecular weight excluding hydrogens is 420 g/mol. The van der Waals surface area contributed by atoms with Gasteiger partial charge in [0.2, 0.25) is 5.91 Å². The van der Waals surface area contributed by atoms with E-state index < -0.39 is 17.1 Å². The van der Waals surface area contributed by atoms with Crippen molar-refractivity contribution in [3.63, 3.8) is 0 Å². The SMILES string of the molecule is CN1CCC(CCNC(=O)[C@@H]2C[C@H](S)CN2C(=O)OCc2ccc([N+](=O)[O-])cc2)CC1. The van der Waals surface area contributed by atoms with E-state index in [1.807, 2.05) is 0 Å². The van der Waals surface area contributed by atoms with Crippen molar-refractivity contribution in [1.29, 1.82) is 0 Å². The van der Waals surface area contributed by atoms with Crippen molar-refractivity contribution >= 4 is 30.3 Å². The first-order chi connectivity index (χ1) is 14.8. The number of piperidine rings is 1. The van der Waals surface area contributed by atoms with Gasteiger partial charge in [0.1, 0.15) is 12.6 Å². The molecule has 2 aliphatic rings. The summed E-state index contributed by atoms with van der Waals surface area (Å²) < 4.78 is 5.35. The summed E-state index contributed by atoms with van der Waals surface area (Å²) in [5.41, 5.74) is 0.615. The topological polar surface area (TPSA) is 105 Å². The van der Waals surface area contributed by atoms with Gasteiger partial charge in [-0.15, -0.1) is 0 Å². The lowest BCUT2D eigenvalue weighted by molar-refractivity contribution is -0.384. The lowest BCUT2D eigenvalue weighted by atomic mass is 9.94. The maximum atomic E-state index is 12.7. The minimum atomic E-state index is -0.593. The van der Waals surface area contributed by atoms with Crippen LogP contribution in [0.1, 0.15) is 31.2 Å². The maximum absolute atomic E-state index is 12.7. The number of hydrogen-bond acceptors (Lipinski definition) is 7. The highest BCUT2D eigenvalue weighted by molar-refractivity contribution is 7.81. The van der Waals surface area contributed by atoms with Gasteiger partial charge in [0.15, 0.2) is 0 Å². The highest BCUT2D eigenvalue weighted by Gasteiger charge is 2.39. The zero-order valence-electron chi connectivity index (χ0n) is 17.7. The molecule has 0 saturated carbocycles. The summed E-state index contributed by atoms with van der Waals surface area (Å²) in [5.74, 6) is 0.456. The molecule has 2 fully saturated rings. The number of rotatable bonds is 7. The Bertz CT molecular complexity index is 782. The van der Waals surface area contributed by atoms with Crippen molar-refractivity contribution < 1.29 is 19.2 Å². The number of nitro groups is 1. The fraction of sp³-hybridized carbons (Fsp3) is 0.619. The molecule has 9 nitrogen and oxygen atoms in total. The minimum absolute atomic E-state index is 0.0188. The lowest BCUT2D eigenvalue weighted by Gasteiger charge is -2.29. The van der Waals surface area contributed by atoms with Gasteiger partial charge in [0, 0.05) is 30.5 Å². The second kappa shape index (κ2) is 10.8. The predicted molar refractivity (Wildman–Crippen MR) is 119 cm³/mol. The number of thiol groups is 1. The molecule has 0 bridgehead atoms. The Morgan fingerprint density at radius 3 is 2.58 bits per heavy atom. The molecule has 1 aromatic carbocycles. The smallest absolute Gasteiger partial charge is 0.410 e. The van der Waals surface area contributed by atoms with Gasteiger partial charge in [0.05, 0.1) is 4.92 Å². The lowest BCUT2D eigenvalue weighted by Crippen LogP contribution is -2.46. The second-order valence-corrected chi connectivity index (χ2v) is 9.09. The molecule has 10 heteroatoms. The minimum Gasteiger partial charge on any atom is -0.445 e. The molecule has 0 aliphatic carbocycles. The van der Waals surface area contributed by atoms with E-state index >= 15 is 0 Å². The van der Waals surface area contributed by atoms with E-state index in [1.54, 1.807) is 12.1 Å². The quantitative estimate of drug-likeness (QED) is 0.376. The highest BCUT2D eigenvalue weighted by atomic mass is 32.1. The number of nitrogens with one attached hydrogen (secondary N) is 1. The van der Waals surface area contributed by atoms with Crippen LogP contribution in [0.15, 0.2) is 24.3 Å². The van der Waals surface area contributed by atoms with E-state index in [1.165, 1.54) is 17.0 Å². The Morgan fingerprint density at radius 2 is 1.94 bits per heavy atom. The van der Waals surface area contributed by atoms with Crippen molar-refractivity contribution in [2.24, 2.45) is 5.92 Å². The van der Waals surface area contributed by atoms with Gasteiger partial charge in [-0.3, -0.25) is 19.8 Å². The van der Waals surface area contributed by atoms with Crippen LogP contribution in [-0.4, -0.2) is 71.2 Å². The number of carbonyl (C=O) groups excluding carboxylic acids is 2. The van der Waals surface area contributed by atoms with E-state index in [9.17, 15) is 19.7 Å². The Hall–Kier alpha value is -2.33. The molecule has 0 spiro atoms. The van der Waals surface area contributed by atoms with Gasteiger partial charge in [-0.25, -0.2) is 4.79 Å². The normalized spacial score (nSPS) is 22.3. The third-order valence-corrected chi connectivity index (χ3v) is 6.39. The number of nitrogens with zero attached hydrogens (tertiary/aromatic N) is 3. The molecule has 2 amide bonds. The molecule has 1 N–H and O–H groups in total. The highest BCUT2D eigenvalue weighted by Crippen LogP contribution is 2.24. The Morgan fingerprint density at radius 1 is 1.26 bits per heavy atom. The zero-order chi connectivity index (χ0) is 22.4. The van der Waals surface area contributed by atoms with Crippen molar-refractivity contribution in [2.75, 3.05) is 33.2 Å². The molecule has 31 heavy (non-hydrogen) atoms. The average molecular weight is 451 g/mol. The van der Waals surface area contributed by atoms with Gasteiger partial charge in [-0.05, 0) is 69.4 Å². The fourth-order valence-electron chi connectivity index (χ4n) is 4.07. The summed E-state index contributed by atoms with van der Waals surface area (Å²) in [4.78, 5) is 39.3.